The number of carbonyl (C=O) groups is 1. The minimum Gasteiger partial charge on any atom is -0.481 e. The van der Waals surface area contributed by atoms with Crippen molar-refractivity contribution in [3.63, 3.8) is 0 Å². The van der Waals surface area contributed by atoms with E-state index < -0.39 is 5.97 Å². The summed E-state index contributed by atoms with van der Waals surface area (Å²) in [7, 11) is 0. The summed E-state index contributed by atoms with van der Waals surface area (Å²) in [5.74, 6) is -0.337. The number of hydrogen-bond donors (Lipinski definition) is 1. The third-order valence-electron chi connectivity index (χ3n) is 5.99. The number of carboxylic acid groups (broad SMARTS) is 1. The molecule has 0 unspecified atom stereocenters. The van der Waals surface area contributed by atoms with Crippen molar-refractivity contribution in [2.24, 2.45) is 5.92 Å². The van der Waals surface area contributed by atoms with E-state index in [0.717, 1.165) is 28.5 Å². The second-order valence-corrected chi connectivity index (χ2v) is 8.34. The highest BCUT2D eigenvalue weighted by molar-refractivity contribution is 5.87. The Morgan fingerprint density at radius 3 is 2.53 bits per heavy atom. The Bertz CT molecular complexity index is 1330. The van der Waals surface area contributed by atoms with Gasteiger partial charge in [0, 0.05) is 30.6 Å². The molecule has 1 N–H and O–H groups in total. The fraction of sp³-hybridized carbons (Fsp3) is 0.185. The molecule has 0 radical (unpaired) electrons. The van der Waals surface area contributed by atoms with Crippen LogP contribution in [0.4, 0.5) is 5.69 Å². The number of carboxylic acids is 1. The number of nitrogens with zero attached hydrogens (tertiary/aromatic N) is 2. The van der Waals surface area contributed by atoms with Crippen molar-refractivity contribution in [3.05, 3.63) is 101 Å². The maximum atomic E-state index is 11.0. The highest BCUT2D eigenvalue weighted by Crippen LogP contribution is 2.36. The summed E-state index contributed by atoms with van der Waals surface area (Å²) in [5, 5.41) is 10.1. The zero-order valence-electron chi connectivity index (χ0n) is 17.5. The van der Waals surface area contributed by atoms with Crippen LogP contribution in [0.2, 0.25) is 0 Å². The second-order valence-electron chi connectivity index (χ2n) is 8.34. The number of furan rings is 1. The molecule has 1 saturated heterocycles. The normalized spacial score (nSPS) is 14.2. The molecule has 1 aliphatic rings. The molecule has 5 rings (SSSR count). The Morgan fingerprint density at radius 2 is 1.78 bits per heavy atom. The van der Waals surface area contributed by atoms with Crippen LogP contribution in [-0.4, -0.2) is 29.1 Å². The minimum atomic E-state index is -0.741. The van der Waals surface area contributed by atoms with E-state index in [4.69, 9.17) is 16.1 Å². The molecule has 0 atom stereocenters. The van der Waals surface area contributed by atoms with Gasteiger partial charge in [-0.25, -0.2) is 4.85 Å². The first-order chi connectivity index (χ1) is 15.6. The average Bonchev–Trinajstić information content (AvgIpc) is 3.19. The minimum absolute atomic E-state index is 0.281. The van der Waals surface area contributed by atoms with E-state index in [9.17, 15) is 4.79 Å². The summed E-state index contributed by atoms with van der Waals surface area (Å²) in [5.41, 5.74) is 5.60. The molecule has 1 aromatic heterocycles. The van der Waals surface area contributed by atoms with Crippen LogP contribution in [0.25, 0.3) is 27.1 Å². The Morgan fingerprint density at radius 1 is 1.00 bits per heavy atom. The van der Waals surface area contributed by atoms with Crippen LogP contribution in [0.15, 0.2) is 77.2 Å². The lowest BCUT2D eigenvalue weighted by atomic mass is 9.99. The Balaban J connectivity index is 1.37. The van der Waals surface area contributed by atoms with Crippen molar-refractivity contribution in [2.75, 3.05) is 13.1 Å². The van der Waals surface area contributed by atoms with Crippen LogP contribution < -0.4 is 0 Å². The number of rotatable bonds is 6. The fourth-order valence-corrected chi connectivity index (χ4v) is 4.26. The van der Waals surface area contributed by atoms with Crippen molar-refractivity contribution < 1.29 is 14.3 Å². The molecule has 1 aliphatic heterocycles. The van der Waals surface area contributed by atoms with Gasteiger partial charge in [0.25, 0.3) is 0 Å². The molecular weight excluding hydrogens is 400 g/mol. The van der Waals surface area contributed by atoms with Gasteiger partial charge in [0.05, 0.1) is 12.5 Å². The van der Waals surface area contributed by atoms with Gasteiger partial charge in [0.2, 0.25) is 0 Å². The van der Waals surface area contributed by atoms with E-state index in [-0.39, 0.29) is 5.92 Å². The van der Waals surface area contributed by atoms with Gasteiger partial charge < -0.3 is 9.52 Å². The second kappa shape index (κ2) is 8.33. The monoisotopic (exact) mass is 422 g/mol. The summed E-state index contributed by atoms with van der Waals surface area (Å²) < 4.78 is 6.08. The molecular formula is C27H22N2O3. The van der Waals surface area contributed by atoms with Crippen LogP contribution in [0.1, 0.15) is 16.7 Å². The third kappa shape index (κ3) is 4.01. The smallest absolute Gasteiger partial charge is 0.309 e. The number of fused-ring (bicyclic) bond motifs is 1. The van der Waals surface area contributed by atoms with Gasteiger partial charge in [-0.1, -0.05) is 54.6 Å². The van der Waals surface area contributed by atoms with Crippen molar-refractivity contribution >= 4 is 22.6 Å². The first-order valence-electron chi connectivity index (χ1n) is 10.6. The van der Waals surface area contributed by atoms with Gasteiger partial charge in [-0.05, 0) is 41.3 Å². The number of aliphatic carboxylic acids is 1. The third-order valence-corrected chi connectivity index (χ3v) is 5.99. The number of hydrogen-bond acceptors (Lipinski definition) is 3. The highest BCUT2D eigenvalue weighted by atomic mass is 16.4. The summed E-state index contributed by atoms with van der Waals surface area (Å²) in [4.78, 5) is 16.8. The molecule has 0 amide bonds. The number of benzene rings is 3. The molecule has 32 heavy (non-hydrogen) atoms. The first kappa shape index (κ1) is 20.0. The van der Waals surface area contributed by atoms with Crippen molar-refractivity contribution in [1.82, 2.24) is 4.90 Å². The SMILES string of the molecule is [C-]#[N+]c1cc(CN2CC(C(=O)O)C2)ccc1-c1cc2cc(Cc3ccccc3)ccc2o1. The molecule has 0 saturated carbocycles. The molecule has 5 nitrogen and oxygen atoms in total. The maximum absolute atomic E-state index is 11.0. The quantitative estimate of drug-likeness (QED) is 0.402. The zero-order chi connectivity index (χ0) is 22.1. The van der Waals surface area contributed by atoms with E-state index >= 15 is 0 Å². The maximum Gasteiger partial charge on any atom is 0.309 e. The predicted molar refractivity (Wildman–Crippen MR) is 124 cm³/mol. The molecule has 4 aromatic rings. The fourth-order valence-electron chi connectivity index (χ4n) is 4.26. The molecule has 2 heterocycles. The zero-order valence-corrected chi connectivity index (χ0v) is 17.5. The largest absolute Gasteiger partial charge is 0.481 e. The van der Waals surface area contributed by atoms with Gasteiger partial charge in [0.15, 0.2) is 5.69 Å². The highest BCUT2D eigenvalue weighted by Gasteiger charge is 2.32. The predicted octanol–water partition coefficient (Wildman–Crippen LogP) is 5.76. The standard InChI is InChI=1S/C27H22N2O3/c1-28-24-13-20(15-29-16-22(17-29)27(30)31)7-9-23(24)26-14-21-12-19(8-10-25(21)32-26)11-18-5-3-2-4-6-18/h2-10,12-14,22H,11,15-17H2,(H,30,31). The van der Waals surface area contributed by atoms with Gasteiger partial charge in [0.1, 0.15) is 11.3 Å². The molecule has 1 fully saturated rings. The van der Waals surface area contributed by atoms with Crippen LogP contribution in [0, 0.1) is 12.5 Å². The molecule has 0 aliphatic carbocycles. The summed E-state index contributed by atoms with van der Waals surface area (Å²) in [6.45, 7) is 9.40. The van der Waals surface area contributed by atoms with E-state index in [0.29, 0.717) is 31.1 Å². The van der Waals surface area contributed by atoms with Crippen LogP contribution in [0.5, 0.6) is 0 Å². The summed E-state index contributed by atoms with van der Waals surface area (Å²) in [6, 6.07) is 24.4. The Hall–Kier alpha value is -3.88. The van der Waals surface area contributed by atoms with Gasteiger partial charge in [-0.3, -0.25) is 9.69 Å². The Kier molecular flexibility index (Phi) is 5.22. The van der Waals surface area contributed by atoms with Crippen molar-refractivity contribution in [3.8, 4) is 11.3 Å². The van der Waals surface area contributed by atoms with Crippen molar-refractivity contribution in [2.45, 2.75) is 13.0 Å². The lowest BCUT2D eigenvalue weighted by molar-refractivity contribution is -0.147. The molecule has 158 valence electrons. The van der Waals surface area contributed by atoms with Gasteiger partial charge in [-0.15, -0.1) is 0 Å². The summed E-state index contributed by atoms with van der Waals surface area (Å²) in [6.07, 6.45) is 0.860. The van der Waals surface area contributed by atoms with E-state index in [1.165, 1.54) is 11.1 Å². The van der Waals surface area contributed by atoms with Crippen molar-refractivity contribution in [1.29, 1.82) is 0 Å². The molecule has 5 heteroatoms. The van der Waals surface area contributed by atoms with Crippen LogP contribution in [0.3, 0.4) is 0 Å². The molecule has 3 aromatic carbocycles. The van der Waals surface area contributed by atoms with E-state index in [2.05, 4.69) is 34.0 Å². The lowest BCUT2D eigenvalue weighted by Crippen LogP contribution is -2.49. The van der Waals surface area contributed by atoms with E-state index in [1.807, 2.05) is 48.5 Å². The molecule has 0 spiro atoms. The Labute approximate surface area is 186 Å². The average molecular weight is 422 g/mol. The first-order valence-corrected chi connectivity index (χ1v) is 10.6. The number of likely N-dealkylation sites (tertiary alicyclic amines) is 1. The summed E-state index contributed by atoms with van der Waals surface area (Å²) >= 11 is 0. The van der Waals surface area contributed by atoms with Gasteiger partial charge >= 0.3 is 5.97 Å². The molecule has 0 bridgehead atoms. The topological polar surface area (TPSA) is 58.0 Å². The van der Waals surface area contributed by atoms with Gasteiger partial charge in [-0.2, -0.15) is 0 Å². The van der Waals surface area contributed by atoms with E-state index in [1.54, 1.807) is 0 Å². The lowest BCUT2D eigenvalue weighted by Gasteiger charge is -2.36. The van der Waals surface area contributed by atoms with Crippen LogP contribution >= 0.6 is 0 Å². The van der Waals surface area contributed by atoms with Crippen LogP contribution in [-0.2, 0) is 17.8 Å².